The third kappa shape index (κ3) is 5.12. The molecule has 0 saturated heterocycles. The van der Waals surface area contributed by atoms with Crippen molar-refractivity contribution in [2.24, 2.45) is 0 Å². The average molecular weight is 476 g/mol. The largest absolute Gasteiger partial charge is 0.493 e. The zero-order valence-electron chi connectivity index (χ0n) is 19.5. The fraction of sp³-hybridized carbons (Fsp3) is 0.391. The molecule has 0 spiro atoms. The maximum Gasteiger partial charge on any atom is 0.338 e. The number of imidazole rings is 1. The summed E-state index contributed by atoms with van der Waals surface area (Å²) in [6.45, 7) is 4.90. The minimum Gasteiger partial charge on any atom is -0.493 e. The van der Waals surface area contributed by atoms with E-state index < -0.39 is 16.0 Å². The number of ether oxygens (including phenoxy) is 3. The van der Waals surface area contributed by atoms with Crippen LogP contribution in [0, 0.1) is 0 Å². The van der Waals surface area contributed by atoms with Crippen molar-refractivity contribution in [1.82, 2.24) is 13.9 Å². The van der Waals surface area contributed by atoms with Gasteiger partial charge in [-0.1, -0.05) is 6.92 Å². The molecule has 1 aromatic heterocycles. The predicted octanol–water partition coefficient (Wildman–Crippen LogP) is 3.46. The van der Waals surface area contributed by atoms with Gasteiger partial charge in [0.2, 0.25) is 10.0 Å². The Hall–Kier alpha value is -3.11. The van der Waals surface area contributed by atoms with Crippen LogP contribution in [0.25, 0.3) is 11.0 Å². The third-order valence-corrected chi connectivity index (χ3v) is 6.87. The lowest BCUT2D eigenvalue weighted by atomic mass is 10.2. The Labute approximate surface area is 193 Å². The molecular formula is C23H29N3O6S. The highest BCUT2D eigenvalue weighted by molar-refractivity contribution is 7.89. The number of hydrogen-bond acceptors (Lipinski definition) is 7. The normalized spacial score (nSPS) is 11.7. The number of carbonyl (C=O) groups is 1. The highest BCUT2D eigenvalue weighted by Gasteiger charge is 2.20. The zero-order chi connectivity index (χ0) is 24.2. The van der Waals surface area contributed by atoms with E-state index in [0.717, 1.165) is 16.2 Å². The van der Waals surface area contributed by atoms with E-state index in [1.807, 2.05) is 18.4 Å². The van der Waals surface area contributed by atoms with Crippen molar-refractivity contribution in [3.05, 3.63) is 47.8 Å². The lowest BCUT2D eigenvalue weighted by Gasteiger charge is -2.12. The van der Waals surface area contributed by atoms with Crippen molar-refractivity contribution in [3.63, 3.8) is 0 Å². The molecule has 0 N–H and O–H groups in total. The summed E-state index contributed by atoms with van der Waals surface area (Å²) >= 11 is 0. The van der Waals surface area contributed by atoms with E-state index >= 15 is 0 Å². The van der Waals surface area contributed by atoms with Crippen LogP contribution in [0.5, 0.6) is 11.5 Å². The molecule has 0 aliphatic carbocycles. The number of nitrogens with zero attached hydrogens (tertiary/aromatic N) is 3. The smallest absolute Gasteiger partial charge is 0.338 e. The summed E-state index contributed by atoms with van der Waals surface area (Å²) < 4.78 is 44.4. The number of esters is 1. The Bertz CT molecular complexity index is 1250. The molecule has 0 radical (unpaired) electrons. The molecule has 0 aliphatic rings. The van der Waals surface area contributed by atoms with Gasteiger partial charge >= 0.3 is 5.97 Å². The number of benzene rings is 2. The number of aromatic nitrogens is 2. The summed E-state index contributed by atoms with van der Waals surface area (Å²) in [6.07, 6.45) is 0.834. The van der Waals surface area contributed by atoms with Gasteiger partial charge in [-0.15, -0.1) is 0 Å². The van der Waals surface area contributed by atoms with Crippen LogP contribution in [0.4, 0.5) is 0 Å². The molecule has 9 nitrogen and oxygen atoms in total. The van der Waals surface area contributed by atoms with E-state index in [-0.39, 0.29) is 11.5 Å². The Kier molecular flexibility index (Phi) is 7.60. The number of hydrogen-bond donors (Lipinski definition) is 0. The Balaban J connectivity index is 1.88. The fourth-order valence-electron chi connectivity index (χ4n) is 3.40. The number of sulfonamides is 1. The van der Waals surface area contributed by atoms with Gasteiger partial charge in [0.1, 0.15) is 12.4 Å². The Morgan fingerprint density at radius 2 is 1.85 bits per heavy atom. The van der Waals surface area contributed by atoms with E-state index in [2.05, 4.69) is 4.98 Å². The van der Waals surface area contributed by atoms with Gasteiger partial charge in [-0.05, 0) is 49.7 Å². The van der Waals surface area contributed by atoms with E-state index in [1.165, 1.54) is 21.2 Å². The number of fused-ring (bicyclic) bond motifs is 1. The van der Waals surface area contributed by atoms with Crippen LogP contribution in [-0.2, 0) is 27.9 Å². The summed E-state index contributed by atoms with van der Waals surface area (Å²) in [7, 11) is 0.912. The topological polar surface area (TPSA) is 100.0 Å². The first kappa shape index (κ1) is 24.5. The van der Waals surface area contributed by atoms with Crippen LogP contribution >= 0.6 is 0 Å². The molecule has 0 bridgehead atoms. The van der Waals surface area contributed by atoms with E-state index in [9.17, 15) is 13.2 Å². The molecule has 0 unspecified atom stereocenters. The number of aryl methyl sites for hydroxylation is 1. The van der Waals surface area contributed by atoms with E-state index in [4.69, 9.17) is 14.2 Å². The molecule has 0 atom stereocenters. The van der Waals surface area contributed by atoms with Gasteiger partial charge in [0.25, 0.3) is 0 Å². The van der Waals surface area contributed by atoms with Gasteiger partial charge in [-0.3, -0.25) is 0 Å². The summed E-state index contributed by atoms with van der Waals surface area (Å²) in [6, 6.07) is 9.68. The quantitative estimate of drug-likeness (QED) is 0.414. The average Bonchev–Trinajstić information content (AvgIpc) is 3.14. The number of rotatable bonds is 10. The van der Waals surface area contributed by atoms with Crippen molar-refractivity contribution >= 4 is 27.0 Å². The van der Waals surface area contributed by atoms with Crippen LogP contribution in [0.1, 0.15) is 36.5 Å². The first-order chi connectivity index (χ1) is 15.7. The monoisotopic (exact) mass is 475 g/mol. The molecule has 3 aromatic rings. The van der Waals surface area contributed by atoms with Crippen molar-refractivity contribution < 1.29 is 27.4 Å². The van der Waals surface area contributed by atoms with Crippen LogP contribution in [0.2, 0.25) is 0 Å². The minimum absolute atomic E-state index is 0.0563. The van der Waals surface area contributed by atoms with E-state index in [1.54, 1.807) is 36.4 Å². The van der Waals surface area contributed by atoms with Crippen LogP contribution < -0.4 is 9.47 Å². The van der Waals surface area contributed by atoms with Gasteiger partial charge < -0.3 is 18.8 Å². The van der Waals surface area contributed by atoms with Gasteiger partial charge in [0, 0.05) is 20.6 Å². The molecule has 0 saturated carbocycles. The fourth-order valence-corrected chi connectivity index (χ4v) is 4.32. The van der Waals surface area contributed by atoms with Crippen LogP contribution in [0.3, 0.4) is 0 Å². The first-order valence-corrected chi connectivity index (χ1v) is 12.1. The standard InChI is InChI=1S/C23H29N3O6S/c1-6-12-26-19-10-9-17(33(28,29)25(3)4)14-18(19)24-22(26)15-32-23(27)16-8-11-20(30-5)21(13-16)31-7-2/h8-11,13-14H,6-7,12,15H2,1-5H3. The second kappa shape index (κ2) is 10.2. The van der Waals surface area contributed by atoms with Crippen molar-refractivity contribution in [3.8, 4) is 11.5 Å². The van der Waals surface area contributed by atoms with Crippen LogP contribution in [0.15, 0.2) is 41.3 Å². The Morgan fingerprint density at radius 3 is 2.48 bits per heavy atom. The maximum atomic E-state index is 12.7. The summed E-state index contributed by atoms with van der Waals surface area (Å²) in [5, 5.41) is 0. The van der Waals surface area contributed by atoms with Gasteiger partial charge in [0.15, 0.2) is 11.5 Å². The highest BCUT2D eigenvalue weighted by Crippen LogP contribution is 2.29. The van der Waals surface area contributed by atoms with E-state index in [0.29, 0.717) is 41.6 Å². The molecule has 10 heteroatoms. The zero-order valence-corrected chi connectivity index (χ0v) is 20.3. The van der Waals surface area contributed by atoms with Gasteiger partial charge in [-0.2, -0.15) is 0 Å². The summed E-state index contributed by atoms with van der Waals surface area (Å²) in [5.74, 6) is 1.01. The number of carbonyl (C=O) groups excluding carboxylic acids is 1. The van der Waals surface area contributed by atoms with Crippen molar-refractivity contribution in [2.75, 3.05) is 27.8 Å². The SMILES string of the molecule is CCCn1c(COC(=O)c2ccc(OC)c(OCC)c2)nc2cc(S(=O)(=O)N(C)C)ccc21. The molecule has 2 aromatic carbocycles. The molecular weight excluding hydrogens is 446 g/mol. The molecule has 0 amide bonds. The molecule has 0 aliphatic heterocycles. The second-order valence-electron chi connectivity index (χ2n) is 7.49. The molecule has 1 heterocycles. The van der Waals surface area contributed by atoms with Gasteiger partial charge in [0.05, 0.1) is 35.2 Å². The molecule has 3 rings (SSSR count). The van der Waals surface area contributed by atoms with Crippen LogP contribution in [-0.4, -0.2) is 56.1 Å². The molecule has 0 fully saturated rings. The maximum absolute atomic E-state index is 12.7. The predicted molar refractivity (Wildman–Crippen MR) is 124 cm³/mol. The molecule has 33 heavy (non-hydrogen) atoms. The summed E-state index contributed by atoms with van der Waals surface area (Å²) in [5.41, 5.74) is 1.64. The molecule has 178 valence electrons. The second-order valence-corrected chi connectivity index (χ2v) is 9.64. The minimum atomic E-state index is -3.58. The van der Waals surface area contributed by atoms with Crippen molar-refractivity contribution in [1.29, 1.82) is 0 Å². The Morgan fingerprint density at radius 1 is 1.09 bits per heavy atom. The van der Waals surface area contributed by atoms with Gasteiger partial charge in [-0.25, -0.2) is 22.5 Å². The lowest BCUT2D eigenvalue weighted by Crippen LogP contribution is -2.22. The lowest BCUT2D eigenvalue weighted by molar-refractivity contribution is 0.0458. The van der Waals surface area contributed by atoms with Crippen molar-refractivity contribution in [2.45, 2.75) is 38.3 Å². The highest BCUT2D eigenvalue weighted by atomic mass is 32.2. The summed E-state index contributed by atoms with van der Waals surface area (Å²) in [4.78, 5) is 17.4. The first-order valence-electron chi connectivity index (χ1n) is 10.6. The number of methoxy groups -OCH3 is 1. The third-order valence-electron chi connectivity index (χ3n) is 5.06.